The zero-order valence-electron chi connectivity index (χ0n) is 10.7. The van der Waals surface area contributed by atoms with Crippen LogP contribution in [-0.2, 0) is 10.0 Å². The van der Waals surface area contributed by atoms with Crippen molar-refractivity contribution < 1.29 is 26.3 Å². The minimum absolute atomic E-state index is 0.0343. The lowest BCUT2D eigenvalue weighted by atomic mass is 10.3. The van der Waals surface area contributed by atoms with Crippen molar-refractivity contribution >= 4 is 43.4 Å². The molecular weight excluding hydrogens is 397 g/mol. The number of methoxy groups -OCH3 is 1. The molecule has 120 valence electrons. The molecular formula is C10H12BrF3N2O3S2. The van der Waals surface area contributed by atoms with Crippen LogP contribution in [0.4, 0.5) is 18.9 Å². The van der Waals surface area contributed by atoms with Crippen LogP contribution in [-0.4, -0.2) is 33.3 Å². The Balaban J connectivity index is 2.86. The molecule has 0 saturated heterocycles. The Morgan fingerprint density at radius 1 is 1.43 bits per heavy atom. The highest BCUT2D eigenvalue weighted by atomic mass is 79.9. The third-order valence-electron chi connectivity index (χ3n) is 2.23. The van der Waals surface area contributed by atoms with Crippen LogP contribution in [0.25, 0.3) is 0 Å². The average Bonchev–Trinajstić information content (AvgIpc) is 2.36. The van der Waals surface area contributed by atoms with Gasteiger partial charge in [-0.15, -0.1) is 0 Å². The summed E-state index contributed by atoms with van der Waals surface area (Å²) in [7, 11) is -2.74. The predicted molar refractivity (Wildman–Crippen MR) is 78.8 cm³/mol. The summed E-state index contributed by atoms with van der Waals surface area (Å²) < 4.78 is 67.4. The Hall–Kier alpha value is -0.650. The monoisotopic (exact) mass is 408 g/mol. The van der Waals surface area contributed by atoms with Gasteiger partial charge in [-0.05, 0) is 39.8 Å². The molecule has 11 heteroatoms. The molecule has 0 atom stereocenters. The number of hydrogen-bond acceptors (Lipinski definition) is 5. The number of halogens is 4. The van der Waals surface area contributed by atoms with Gasteiger partial charge < -0.3 is 10.5 Å². The van der Waals surface area contributed by atoms with E-state index in [1.54, 1.807) is 0 Å². The number of sulfonamides is 1. The SMILES string of the molecule is COc1cc(Br)c(N)cc1S(=O)(=O)NCCSC(F)(F)F. The standard InChI is InChI=1S/C10H12BrF3N2O3S2/c1-19-8-4-6(11)7(15)5-9(8)21(17,18)16-2-3-20-10(12,13)14/h4-5,16H,2-3,15H2,1H3. The predicted octanol–water partition coefficient (Wildman–Crippen LogP) is 2.57. The molecule has 1 rings (SSSR count). The molecule has 0 aliphatic heterocycles. The lowest BCUT2D eigenvalue weighted by Gasteiger charge is -2.12. The zero-order chi connectivity index (χ0) is 16.3. The average molecular weight is 409 g/mol. The molecule has 0 aliphatic carbocycles. The number of hydrogen-bond donors (Lipinski definition) is 2. The fourth-order valence-electron chi connectivity index (χ4n) is 1.34. The summed E-state index contributed by atoms with van der Waals surface area (Å²) >= 11 is 2.82. The van der Waals surface area contributed by atoms with Gasteiger partial charge in [-0.1, -0.05) is 0 Å². The number of nitrogens with two attached hydrogens (primary N) is 1. The smallest absolute Gasteiger partial charge is 0.441 e. The number of ether oxygens (including phenoxy) is 1. The number of alkyl halides is 3. The normalized spacial score (nSPS) is 12.4. The molecule has 5 nitrogen and oxygen atoms in total. The van der Waals surface area contributed by atoms with Crippen molar-refractivity contribution in [3.63, 3.8) is 0 Å². The van der Waals surface area contributed by atoms with Crippen LogP contribution in [0.1, 0.15) is 0 Å². The van der Waals surface area contributed by atoms with Gasteiger partial charge in [0.05, 0.1) is 7.11 Å². The summed E-state index contributed by atoms with van der Waals surface area (Å²) in [6.07, 6.45) is 0. The minimum Gasteiger partial charge on any atom is -0.495 e. The number of rotatable bonds is 6. The molecule has 3 N–H and O–H groups in total. The molecule has 0 bridgehead atoms. The van der Waals surface area contributed by atoms with Crippen LogP contribution in [0.15, 0.2) is 21.5 Å². The van der Waals surface area contributed by atoms with Crippen molar-refractivity contribution in [2.45, 2.75) is 10.4 Å². The van der Waals surface area contributed by atoms with Crippen LogP contribution in [0.5, 0.6) is 5.75 Å². The molecule has 21 heavy (non-hydrogen) atoms. The molecule has 0 radical (unpaired) electrons. The first kappa shape index (κ1) is 18.4. The summed E-state index contributed by atoms with van der Waals surface area (Å²) in [6, 6.07) is 2.54. The van der Waals surface area contributed by atoms with Crippen LogP contribution in [0, 0.1) is 0 Å². The van der Waals surface area contributed by atoms with E-state index in [0.717, 1.165) is 0 Å². The Morgan fingerprint density at radius 3 is 2.57 bits per heavy atom. The summed E-state index contributed by atoms with van der Waals surface area (Å²) in [5.41, 5.74) is 1.38. The largest absolute Gasteiger partial charge is 0.495 e. The molecule has 0 spiro atoms. The highest BCUT2D eigenvalue weighted by Gasteiger charge is 2.28. The molecule has 0 unspecified atom stereocenters. The van der Waals surface area contributed by atoms with Gasteiger partial charge in [0.2, 0.25) is 10.0 Å². The molecule has 1 aromatic carbocycles. The topological polar surface area (TPSA) is 81.4 Å². The highest BCUT2D eigenvalue weighted by molar-refractivity contribution is 9.10. The molecule has 0 fully saturated rings. The van der Waals surface area contributed by atoms with Crippen molar-refractivity contribution in [3.8, 4) is 5.75 Å². The summed E-state index contributed by atoms with van der Waals surface area (Å²) in [5, 5.41) is 0. The first-order valence-corrected chi connectivity index (χ1v) is 8.66. The fourth-order valence-corrected chi connectivity index (χ4v) is 3.44. The third-order valence-corrected chi connectivity index (χ3v) is 5.14. The van der Waals surface area contributed by atoms with Crippen molar-refractivity contribution in [2.24, 2.45) is 0 Å². The zero-order valence-corrected chi connectivity index (χ0v) is 13.9. The number of nitrogen functional groups attached to an aromatic ring is 1. The molecule has 0 aromatic heterocycles. The fraction of sp³-hybridized carbons (Fsp3) is 0.400. The lowest BCUT2D eigenvalue weighted by Crippen LogP contribution is -2.27. The maximum absolute atomic E-state index is 12.0. The number of benzene rings is 1. The van der Waals surface area contributed by atoms with E-state index in [9.17, 15) is 21.6 Å². The van der Waals surface area contributed by atoms with Crippen molar-refractivity contribution in [2.75, 3.05) is 25.1 Å². The Bertz CT molecular complexity index is 608. The summed E-state index contributed by atoms with van der Waals surface area (Å²) in [5.74, 6) is -0.399. The van der Waals surface area contributed by atoms with Crippen molar-refractivity contribution in [3.05, 3.63) is 16.6 Å². The molecule has 0 heterocycles. The Labute approximate surface area is 132 Å². The van der Waals surface area contributed by atoms with Crippen LogP contribution in [0.2, 0.25) is 0 Å². The second-order valence-corrected chi connectivity index (χ2v) is 7.47. The van der Waals surface area contributed by atoms with Crippen LogP contribution < -0.4 is 15.2 Å². The second-order valence-electron chi connectivity index (χ2n) is 3.72. The summed E-state index contributed by atoms with van der Waals surface area (Å²) in [4.78, 5) is -0.234. The Kier molecular flexibility index (Phi) is 6.20. The molecule has 0 saturated carbocycles. The van der Waals surface area contributed by atoms with Gasteiger partial charge >= 0.3 is 5.51 Å². The van der Waals surface area contributed by atoms with Crippen molar-refractivity contribution in [1.82, 2.24) is 4.72 Å². The quantitative estimate of drug-likeness (QED) is 0.558. The lowest BCUT2D eigenvalue weighted by molar-refractivity contribution is -0.0327. The minimum atomic E-state index is -4.40. The number of thioether (sulfide) groups is 1. The number of anilines is 1. The van der Waals surface area contributed by atoms with E-state index in [0.29, 0.717) is 4.47 Å². The Morgan fingerprint density at radius 2 is 2.05 bits per heavy atom. The molecule has 0 amide bonds. The van der Waals surface area contributed by atoms with Crippen LogP contribution in [0.3, 0.4) is 0 Å². The van der Waals surface area contributed by atoms with Gasteiger partial charge in [-0.25, -0.2) is 13.1 Å². The summed E-state index contributed by atoms with van der Waals surface area (Å²) in [6.45, 7) is -0.369. The second kappa shape index (κ2) is 7.07. The van der Waals surface area contributed by atoms with E-state index in [4.69, 9.17) is 10.5 Å². The van der Waals surface area contributed by atoms with E-state index in [2.05, 4.69) is 20.7 Å². The van der Waals surface area contributed by atoms with E-state index < -0.39 is 21.3 Å². The molecule has 0 aliphatic rings. The van der Waals surface area contributed by atoms with E-state index in [1.807, 2.05) is 0 Å². The third kappa shape index (κ3) is 5.57. The van der Waals surface area contributed by atoms with Crippen molar-refractivity contribution in [1.29, 1.82) is 0 Å². The van der Waals surface area contributed by atoms with E-state index in [-0.39, 0.29) is 34.6 Å². The van der Waals surface area contributed by atoms with Gasteiger partial charge in [0, 0.05) is 22.5 Å². The van der Waals surface area contributed by atoms with Gasteiger partial charge in [0.1, 0.15) is 10.6 Å². The molecule has 1 aromatic rings. The van der Waals surface area contributed by atoms with Gasteiger partial charge in [-0.3, -0.25) is 0 Å². The van der Waals surface area contributed by atoms with E-state index in [1.165, 1.54) is 19.2 Å². The highest BCUT2D eigenvalue weighted by Crippen LogP contribution is 2.32. The van der Waals surface area contributed by atoms with E-state index >= 15 is 0 Å². The maximum Gasteiger partial charge on any atom is 0.441 e. The maximum atomic E-state index is 12.0. The van der Waals surface area contributed by atoms with Gasteiger partial charge in [-0.2, -0.15) is 13.2 Å². The van der Waals surface area contributed by atoms with Gasteiger partial charge in [0.15, 0.2) is 0 Å². The first-order chi connectivity index (χ1) is 9.57. The first-order valence-electron chi connectivity index (χ1n) is 5.40. The van der Waals surface area contributed by atoms with Crippen LogP contribution >= 0.6 is 27.7 Å². The van der Waals surface area contributed by atoms with Gasteiger partial charge in [0.25, 0.3) is 0 Å². The number of nitrogens with one attached hydrogen (secondary N) is 1.